The molecule has 0 spiro atoms. The van der Waals surface area contributed by atoms with Crippen molar-refractivity contribution in [2.75, 3.05) is 13.2 Å². The van der Waals surface area contributed by atoms with Crippen LogP contribution in [0.25, 0.3) is 0 Å². The van der Waals surface area contributed by atoms with Gasteiger partial charge in [0.25, 0.3) is 0 Å². The zero-order chi connectivity index (χ0) is 13.7. The molecule has 19 heavy (non-hydrogen) atoms. The third kappa shape index (κ3) is 3.16. The summed E-state index contributed by atoms with van der Waals surface area (Å²) in [7, 11) is 0. The maximum atomic E-state index is 9.47. The molecule has 1 aliphatic heterocycles. The van der Waals surface area contributed by atoms with Crippen molar-refractivity contribution in [3.63, 3.8) is 0 Å². The Morgan fingerprint density at radius 2 is 2.11 bits per heavy atom. The van der Waals surface area contributed by atoms with Gasteiger partial charge in [-0.2, -0.15) is 10.4 Å². The molecule has 0 saturated carbocycles. The van der Waals surface area contributed by atoms with Crippen molar-refractivity contribution >= 4 is 0 Å². The van der Waals surface area contributed by atoms with Gasteiger partial charge in [0.1, 0.15) is 0 Å². The molecule has 0 atom stereocenters. The van der Waals surface area contributed by atoms with Gasteiger partial charge in [-0.1, -0.05) is 13.8 Å². The minimum Gasteiger partial charge on any atom is -0.381 e. The van der Waals surface area contributed by atoms with Crippen molar-refractivity contribution in [3.05, 3.63) is 18.0 Å². The first kappa shape index (κ1) is 14.1. The number of nitrogens with zero attached hydrogens (tertiary/aromatic N) is 3. The van der Waals surface area contributed by atoms with E-state index in [1.807, 2.05) is 0 Å². The Labute approximate surface area is 115 Å². The van der Waals surface area contributed by atoms with Crippen LogP contribution in [0.2, 0.25) is 0 Å². The van der Waals surface area contributed by atoms with E-state index < -0.39 is 0 Å². The molecule has 1 aliphatic rings. The Morgan fingerprint density at radius 3 is 2.68 bits per heavy atom. The summed E-state index contributed by atoms with van der Waals surface area (Å²) in [6.45, 7) is 5.76. The molecule has 1 fully saturated rings. The van der Waals surface area contributed by atoms with E-state index in [9.17, 15) is 5.26 Å². The second-order valence-corrected chi connectivity index (χ2v) is 5.44. The van der Waals surface area contributed by atoms with Crippen LogP contribution in [0.5, 0.6) is 0 Å². The maximum absolute atomic E-state index is 9.47. The average molecular weight is 261 g/mol. The number of rotatable bonds is 5. The van der Waals surface area contributed by atoms with E-state index in [2.05, 4.69) is 42.0 Å². The molecule has 0 radical (unpaired) electrons. The monoisotopic (exact) mass is 261 g/mol. The van der Waals surface area contributed by atoms with Gasteiger partial charge in [0.15, 0.2) is 0 Å². The highest BCUT2D eigenvalue weighted by Gasteiger charge is 2.33. The molecule has 0 unspecified atom stereocenters. The molecule has 4 heteroatoms. The summed E-state index contributed by atoms with van der Waals surface area (Å²) in [5, 5.41) is 14.1. The summed E-state index contributed by atoms with van der Waals surface area (Å²) in [4.78, 5) is 0. The number of nitriles is 1. The summed E-state index contributed by atoms with van der Waals surface area (Å²) in [6.07, 6.45) is 6.63. The van der Waals surface area contributed by atoms with Crippen molar-refractivity contribution in [2.24, 2.45) is 5.41 Å². The van der Waals surface area contributed by atoms with E-state index in [0.717, 1.165) is 37.8 Å². The van der Waals surface area contributed by atoms with Gasteiger partial charge in [-0.15, -0.1) is 0 Å². The van der Waals surface area contributed by atoms with Crippen molar-refractivity contribution in [1.29, 1.82) is 5.26 Å². The molecular weight excluding hydrogens is 238 g/mol. The molecule has 1 aromatic rings. The molecule has 0 bridgehead atoms. The van der Waals surface area contributed by atoms with Crippen LogP contribution in [0, 0.1) is 16.7 Å². The zero-order valence-electron chi connectivity index (χ0n) is 11.9. The molecular formula is C15H23N3O. The summed E-state index contributed by atoms with van der Waals surface area (Å²) in [6, 6.07) is 5.04. The minimum absolute atomic E-state index is 0.272. The van der Waals surface area contributed by atoms with Crippen LogP contribution in [-0.4, -0.2) is 23.0 Å². The third-order valence-electron chi connectivity index (χ3n) is 4.19. The van der Waals surface area contributed by atoms with Gasteiger partial charge in [-0.3, -0.25) is 4.68 Å². The first-order valence-corrected chi connectivity index (χ1v) is 7.26. The molecule has 0 aromatic carbocycles. The molecule has 2 heterocycles. The van der Waals surface area contributed by atoms with Crippen molar-refractivity contribution < 1.29 is 4.74 Å². The Bertz CT molecular complexity index is 436. The lowest BCUT2D eigenvalue weighted by molar-refractivity contribution is 0.0402. The number of hydrogen-bond acceptors (Lipinski definition) is 3. The van der Waals surface area contributed by atoms with Crippen LogP contribution in [0.15, 0.2) is 12.3 Å². The fraction of sp³-hybridized carbons (Fsp3) is 0.733. The van der Waals surface area contributed by atoms with Crippen LogP contribution >= 0.6 is 0 Å². The topological polar surface area (TPSA) is 50.8 Å². The summed E-state index contributed by atoms with van der Waals surface area (Å²) in [5.41, 5.74) is 0.765. The highest BCUT2D eigenvalue weighted by molar-refractivity contribution is 5.11. The standard InChI is InChI=1S/C15H23N3O/c1-3-14(4-2)18-8-5-13(17-18)11-15(12-16)6-9-19-10-7-15/h5,8,14H,3-4,6-7,9-11H2,1-2H3. The molecule has 2 rings (SSSR count). The summed E-state index contributed by atoms with van der Waals surface area (Å²) < 4.78 is 7.42. The van der Waals surface area contributed by atoms with Crippen LogP contribution in [0.3, 0.4) is 0 Å². The summed E-state index contributed by atoms with van der Waals surface area (Å²) in [5.74, 6) is 0. The second-order valence-electron chi connectivity index (χ2n) is 5.44. The van der Waals surface area contributed by atoms with Gasteiger partial charge in [-0.25, -0.2) is 0 Å². The van der Waals surface area contributed by atoms with E-state index >= 15 is 0 Å². The van der Waals surface area contributed by atoms with Crippen molar-refractivity contribution in [3.8, 4) is 6.07 Å². The third-order valence-corrected chi connectivity index (χ3v) is 4.19. The highest BCUT2D eigenvalue weighted by atomic mass is 16.5. The first-order chi connectivity index (χ1) is 9.23. The molecule has 4 nitrogen and oxygen atoms in total. The van der Waals surface area contributed by atoms with Gasteiger partial charge in [-0.05, 0) is 31.7 Å². The molecule has 0 amide bonds. The van der Waals surface area contributed by atoms with Crippen LogP contribution < -0.4 is 0 Å². The maximum Gasteiger partial charge on any atom is 0.0695 e. The van der Waals surface area contributed by atoms with Crippen LogP contribution in [-0.2, 0) is 11.2 Å². The summed E-state index contributed by atoms with van der Waals surface area (Å²) >= 11 is 0. The lowest BCUT2D eigenvalue weighted by Gasteiger charge is -2.29. The van der Waals surface area contributed by atoms with E-state index in [-0.39, 0.29) is 5.41 Å². The van der Waals surface area contributed by atoms with E-state index in [0.29, 0.717) is 19.3 Å². The van der Waals surface area contributed by atoms with Crippen molar-refractivity contribution in [2.45, 2.75) is 52.0 Å². The lowest BCUT2D eigenvalue weighted by atomic mass is 9.78. The van der Waals surface area contributed by atoms with Gasteiger partial charge in [0.2, 0.25) is 0 Å². The SMILES string of the molecule is CCC(CC)n1ccc(CC2(C#N)CCOCC2)n1. The Balaban J connectivity index is 2.08. The fourth-order valence-corrected chi connectivity index (χ4v) is 2.77. The highest BCUT2D eigenvalue weighted by Crippen LogP contribution is 2.33. The van der Waals surface area contributed by atoms with Gasteiger partial charge < -0.3 is 4.74 Å². The predicted octanol–water partition coefficient (Wildman–Crippen LogP) is 3.11. The van der Waals surface area contributed by atoms with Crippen LogP contribution in [0.4, 0.5) is 0 Å². The number of aromatic nitrogens is 2. The second kappa shape index (κ2) is 6.21. The fourth-order valence-electron chi connectivity index (χ4n) is 2.77. The minimum atomic E-state index is -0.272. The van der Waals surface area contributed by atoms with E-state index in [1.54, 1.807) is 0 Å². The van der Waals surface area contributed by atoms with Gasteiger partial charge in [0.05, 0.1) is 23.2 Å². The average Bonchev–Trinajstić information content (AvgIpc) is 2.89. The van der Waals surface area contributed by atoms with Gasteiger partial charge >= 0.3 is 0 Å². The predicted molar refractivity (Wildman–Crippen MR) is 73.6 cm³/mol. The largest absolute Gasteiger partial charge is 0.381 e. The molecule has 1 aromatic heterocycles. The first-order valence-electron chi connectivity index (χ1n) is 7.26. The zero-order valence-corrected chi connectivity index (χ0v) is 11.9. The Morgan fingerprint density at radius 1 is 1.42 bits per heavy atom. The van der Waals surface area contributed by atoms with Gasteiger partial charge in [0, 0.05) is 25.8 Å². The Hall–Kier alpha value is -1.34. The lowest BCUT2D eigenvalue weighted by Crippen LogP contribution is -2.30. The number of ether oxygens (including phenoxy) is 1. The molecule has 0 N–H and O–H groups in total. The van der Waals surface area contributed by atoms with E-state index in [4.69, 9.17) is 4.74 Å². The smallest absolute Gasteiger partial charge is 0.0695 e. The quantitative estimate of drug-likeness (QED) is 0.818. The molecule has 104 valence electrons. The molecule has 0 aliphatic carbocycles. The normalized spacial score (nSPS) is 18.4. The van der Waals surface area contributed by atoms with E-state index in [1.165, 1.54) is 0 Å². The van der Waals surface area contributed by atoms with Crippen molar-refractivity contribution in [1.82, 2.24) is 9.78 Å². The van der Waals surface area contributed by atoms with Crippen LogP contribution in [0.1, 0.15) is 51.3 Å². The number of hydrogen-bond donors (Lipinski definition) is 0. The Kier molecular flexibility index (Phi) is 4.60. The molecule has 1 saturated heterocycles.